The van der Waals surface area contributed by atoms with Gasteiger partial charge in [0.2, 0.25) is 53.2 Å². The zero-order chi connectivity index (χ0) is 57.6. The van der Waals surface area contributed by atoms with Crippen LogP contribution in [-0.2, 0) is 64.0 Å². The smallest absolute Gasteiger partial charge is 0.248 e. The summed E-state index contributed by atoms with van der Waals surface area (Å²) < 4.78 is 0. The number of unbranched alkanes of at least 4 members (excludes halogenated alkanes) is 1. The van der Waals surface area contributed by atoms with Crippen LogP contribution in [0.25, 0.3) is 0 Å². The first-order valence-electron chi connectivity index (χ1n) is 25.3. The number of nitrogens with two attached hydrogens (primary N) is 2. The summed E-state index contributed by atoms with van der Waals surface area (Å²) in [6.45, 7) is 1.79. The van der Waals surface area contributed by atoms with E-state index in [1.54, 1.807) is 79.8 Å². The standard InChI is InChI=1S/C54H65Cl3N10O10S2/c1-30(68)46-54(77)66-44(53(76)63-40(48(59)71)25-33-10-19-37(56)20-11-33)29-79-78-28-43(61-45(69)23-14-31-8-17-36(55)18-9-31)52(75)65-42(27-34-12-21-38(57)22-13-34)51(74)64-41(26-32-6-15-35(16-7-32)47(58)70)50(73)62-39(49(72)67-46)5-3-4-24-60-2/h6-13,15-22,30,39-44,46,60,68H,3-5,14,23-29H2,1-2H3,(H2,58,70)(H2,59,71)(H,61,69)(H,62,73)(H,63,76)(H,64,74)(H,65,75)(H,66,77)(H,67,72)/t30?,39-,40+,41+,42-,43+,44-,46?/m0/s1. The number of nitrogens with one attached hydrogen (secondary N) is 8. The number of primary amides is 2. The fraction of sp³-hybridized carbons (Fsp3) is 0.389. The van der Waals surface area contributed by atoms with Crippen molar-refractivity contribution in [3.63, 3.8) is 0 Å². The molecule has 0 saturated carbocycles. The van der Waals surface area contributed by atoms with Crippen LogP contribution >= 0.6 is 56.4 Å². The number of carbonyl (C=O) groups excluding carboxylic acids is 9. The Kier molecular flexibility index (Phi) is 25.7. The normalized spacial score (nSPS) is 20.7. The maximum Gasteiger partial charge on any atom is 0.248 e. The second-order valence-corrected chi connectivity index (χ2v) is 22.6. The van der Waals surface area contributed by atoms with Gasteiger partial charge in [0.15, 0.2) is 0 Å². The molecule has 0 aliphatic carbocycles. The number of rotatable bonds is 20. The van der Waals surface area contributed by atoms with Crippen LogP contribution in [0.2, 0.25) is 15.1 Å². The number of aryl methyl sites for hydroxylation is 1. The molecule has 79 heavy (non-hydrogen) atoms. The predicted molar refractivity (Wildman–Crippen MR) is 306 cm³/mol. The van der Waals surface area contributed by atoms with Crippen molar-refractivity contribution < 1.29 is 48.3 Å². The van der Waals surface area contributed by atoms with E-state index in [1.807, 2.05) is 0 Å². The number of aliphatic hydroxyl groups is 1. The molecule has 13 N–H and O–H groups in total. The van der Waals surface area contributed by atoms with Crippen LogP contribution in [0.1, 0.15) is 65.2 Å². The molecular weight excluding hydrogens is 1120 g/mol. The summed E-state index contributed by atoms with van der Waals surface area (Å²) in [6.07, 6.45) is -0.800. The Balaban J connectivity index is 1.56. The van der Waals surface area contributed by atoms with Crippen molar-refractivity contribution >= 4 is 110 Å². The lowest BCUT2D eigenvalue weighted by Crippen LogP contribution is -2.62. The molecule has 1 aliphatic rings. The van der Waals surface area contributed by atoms with E-state index in [-0.39, 0.29) is 55.6 Å². The van der Waals surface area contributed by atoms with Gasteiger partial charge in [-0.15, -0.1) is 0 Å². The number of halogens is 3. The molecule has 4 aromatic carbocycles. The average Bonchev–Trinajstić information content (AvgIpc) is 3.43. The fourth-order valence-corrected chi connectivity index (χ4v) is 10.8. The molecule has 25 heteroatoms. The monoisotopic (exact) mass is 1180 g/mol. The molecule has 20 nitrogen and oxygen atoms in total. The summed E-state index contributed by atoms with van der Waals surface area (Å²) in [5.74, 6) is -7.80. The van der Waals surface area contributed by atoms with Crippen molar-refractivity contribution in [3.05, 3.63) is 140 Å². The van der Waals surface area contributed by atoms with Gasteiger partial charge in [0.25, 0.3) is 0 Å². The molecular formula is C54H65Cl3N10O10S2. The molecule has 0 aromatic heterocycles. The second kappa shape index (κ2) is 32.0. The lowest BCUT2D eigenvalue weighted by atomic mass is 10.00. The Bertz CT molecular complexity index is 2750. The van der Waals surface area contributed by atoms with Crippen molar-refractivity contribution in [3.8, 4) is 0 Å². The SMILES string of the molecule is CNCCCC[C@@H]1NC(=O)[C@@H](Cc2ccc(C(N)=O)cc2)NC(=O)[C@H](Cc2ccc(Cl)cc2)NC(=O)[C@H](NC(=O)CCc2ccc(Cl)cc2)CSSC[C@@H](C(=O)N[C@H](Cc2ccc(Cl)cc2)C(N)=O)NC(=O)C(C(C)O)NC1=O. The minimum Gasteiger partial charge on any atom is -0.391 e. The topological polar surface area (TPSA) is 322 Å². The van der Waals surface area contributed by atoms with E-state index in [9.17, 15) is 48.3 Å². The fourth-order valence-electron chi connectivity index (χ4n) is 8.10. The molecule has 0 radical (unpaired) electrons. The van der Waals surface area contributed by atoms with Gasteiger partial charge in [-0.05, 0) is 117 Å². The van der Waals surface area contributed by atoms with Crippen LogP contribution in [0.5, 0.6) is 0 Å². The summed E-state index contributed by atoms with van der Waals surface area (Å²) in [5, 5.41) is 34.2. The first kappa shape index (κ1) is 63.4. The van der Waals surface area contributed by atoms with Gasteiger partial charge in [-0.3, -0.25) is 43.2 Å². The van der Waals surface area contributed by atoms with E-state index < -0.39 is 102 Å². The zero-order valence-electron chi connectivity index (χ0n) is 43.4. The predicted octanol–water partition coefficient (Wildman–Crippen LogP) is 2.45. The van der Waals surface area contributed by atoms with Gasteiger partial charge in [-0.25, -0.2) is 0 Å². The Labute approximate surface area is 480 Å². The minimum absolute atomic E-state index is 0.0183. The molecule has 1 saturated heterocycles. The second-order valence-electron chi connectivity index (χ2n) is 18.8. The molecule has 1 aliphatic heterocycles. The average molecular weight is 1180 g/mol. The first-order chi connectivity index (χ1) is 37.7. The van der Waals surface area contributed by atoms with E-state index in [0.717, 1.165) is 27.2 Å². The van der Waals surface area contributed by atoms with Crippen LogP contribution in [-0.4, -0.2) is 132 Å². The molecule has 8 atom stereocenters. The molecule has 0 bridgehead atoms. The molecule has 4 aromatic rings. The number of carbonyl (C=O) groups is 9. The highest BCUT2D eigenvalue weighted by Gasteiger charge is 2.36. The summed E-state index contributed by atoms with van der Waals surface area (Å²) in [7, 11) is 3.77. The maximum absolute atomic E-state index is 14.8. The maximum atomic E-state index is 14.8. The van der Waals surface area contributed by atoms with Crippen LogP contribution in [0.15, 0.2) is 97.1 Å². The Morgan fingerprint density at radius 2 is 1.13 bits per heavy atom. The summed E-state index contributed by atoms with van der Waals surface area (Å²) in [5.41, 5.74) is 13.8. The highest BCUT2D eigenvalue weighted by molar-refractivity contribution is 8.76. The summed E-state index contributed by atoms with van der Waals surface area (Å²) >= 11 is 18.4. The quantitative estimate of drug-likeness (QED) is 0.0448. The van der Waals surface area contributed by atoms with Gasteiger partial charge in [0, 0.05) is 57.8 Å². The number of amides is 9. The Hall–Kier alpha value is -6.40. The summed E-state index contributed by atoms with van der Waals surface area (Å²) in [4.78, 5) is 125. The van der Waals surface area contributed by atoms with E-state index in [1.165, 1.54) is 31.2 Å². The number of benzene rings is 4. The lowest BCUT2D eigenvalue weighted by Gasteiger charge is -2.29. The lowest BCUT2D eigenvalue weighted by molar-refractivity contribution is -0.136. The van der Waals surface area contributed by atoms with Gasteiger partial charge < -0.3 is 59.1 Å². The van der Waals surface area contributed by atoms with Crippen molar-refractivity contribution in [1.29, 1.82) is 0 Å². The number of hydrogen-bond acceptors (Lipinski definition) is 13. The molecule has 5 rings (SSSR count). The largest absolute Gasteiger partial charge is 0.391 e. The third-order valence-electron chi connectivity index (χ3n) is 12.6. The molecule has 9 amide bonds. The van der Waals surface area contributed by atoms with Crippen LogP contribution in [0.3, 0.4) is 0 Å². The molecule has 424 valence electrons. The van der Waals surface area contributed by atoms with E-state index >= 15 is 0 Å². The number of hydrogen-bond donors (Lipinski definition) is 11. The number of aliphatic hydroxyl groups excluding tert-OH is 1. The van der Waals surface area contributed by atoms with E-state index in [0.29, 0.717) is 51.1 Å². The van der Waals surface area contributed by atoms with Crippen molar-refractivity contribution in [2.24, 2.45) is 11.5 Å². The van der Waals surface area contributed by atoms with E-state index in [4.69, 9.17) is 46.3 Å². The molecule has 2 unspecified atom stereocenters. The van der Waals surface area contributed by atoms with E-state index in [2.05, 4.69) is 42.5 Å². The Morgan fingerprint density at radius 1 is 0.633 bits per heavy atom. The zero-order valence-corrected chi connectivity index (χ0v) is 47.3. The van der Waals surface area contributed by atoms with Gasteiger partial charge >= 0.3 is 0 Å². The highest BCUT2D eigenvalue weighted by Crippen LogP contribution is 2.24. The van der Waals surface area contributed by atoms with Crippen molar-refractivity contribution in [2.75, 3.05) is 25.1 Å². The molecule has 1 fully saturated rings. The van der Waals surface area contributed by atoms with Gasteiger partial charge in [0.05, 0.1) is 6.10 Å². The van der Waals surface area contributed by atoms with Gasteiger partial charge in [0.1, 0.15) is 42.3 Å². The van der Waals surface area contributed by atoms with Gasteiger partial charge in [-0.1, -0.05) is 105 Å². The molecule has 0 spiro atoms. The van der Waals surface area contributed by atoms with Crippen molar-refractivity contribution in [1.82, 2.24) is 42.5 Å². The van der Waals surface area contributed by atoms with Crippen molar-refractivity contribution in [2.45, 2.75) is 107 Å². The first-order valence-corrected chi connectivity index (χ1v) is 28.9. The van der Waals surface area contributed by atoms with Crippen LogP contribution in [0.4, 0.5) is 0 Å². The summed E-state index contributed by atoms with van der Waals surface area (Å²) in [6, 6.07) is 15.8. The van der Waals surface area contributed by atoms with Gasteiger partial charge in [-0.2, -0.15) is 0 Å². The highest BCUT2D eigenvalue weighted by atomic mass is 35.5. The third-order valence-corrected chi connectivity index (χ3v) is 15.7. The third kappa shape index (κ3) is 21.3. The van der Waals surface area contributed by atoms with Crippen LogP contribution in [0, 0.1) is 0 Å². The minimum atomic E-state index is -1.71. The Morgan fingerprint density at radius 3 is 1.66 bits per heavy atom. The molecule has 1 heterocycles. The van der Waals surface area contributed by atoms with Crippen LogP contribution < -0.4 is 54.0 Å².